The Morgan fingerprint density at radius 3 is 2.44 bits per heavy atom. The lowest BCUT2D eigenvalue weighted by Crippen LogP contribution is -2.29. The van der Waals surface area contributed by atoms with Crippen LogP contribution in [0.1, 0.15) is 18.1 Å². The van der Waals surface area contributed by atoms with E-state index in [4.69, 9.17) is 5.73 Å². The number of benzene rings is 1. The van der Waals surface area contributed by atoms with Crippen LogP contribution >= 0.6 is 0 Å². The topological polar surface area (TPSA) is 72.2 Å². The molecule has 0 spiro atoms. The maximum atomic E-state index is 11.6. The minimum absolute atomic E-state index is 0.0383. The zero-order valence-electron chi connectivity index (χ0n) is 10.6. The molecule has 1 amide bonds. The first-order valence-corrected chi connectivity index (χ1v) is 7.54. The normalized spacial score (nSPS) is 12.1. The molecule has 1 aromatic rings. The van der Waals surface area contributed by atoms with Crippen LogP contribution in [0, 0.1) is 0 Å². The van der Waals surface area contributed by atoms with E-state index in [-0.39, 0.29) is 5.91 Å². The highest BCUT2D eigenvalue weighted by Crippen LogP contribution is 2.04. The standard InChI is InChI=1S/C13H20N2O2S/c1-2-18(17)8-7-15-13(16)9-11-3-5-12(10-14)6-4-11/h3-6H,2,7-10,14H2,1H3,(H,15,16). The number of hydrogen-bond donors (Lipinski definition) is 2. The summed E-state index contributed by atoms with van der Waals surface area (Å²) in [6.45, 7) is 2.85. The Morgan fingerprint density at radius 1 is 1.28 bits per heavy atom. The van der Waals surface area contributed by atoms with Gasteiger partial charge in [-0.2, -0.15) is 0 Å². The minimum atomic E-state index is -0.823. The summed E-state index contributed by atoms with van der Waals surface area (Å²) in [6.07, 6.45) is 0.351. The fourth-order valence-corrected chi connectivity index (χ4v) is 2.11. The van der Waals surface area contributed by atoms with Gasteiger partial charge in [0.15, 0.2) is 0 Å². The van der Waals surface area contributed by atoms with Gasteiger partial charge in [-0.1, -0.05) is 31.2 Å². The molecule has 1 rings (SSSR count). The van der Waals surface area contributed by atoms with Crippen molar-refractivity contribution in [3.63, 3.8) is 0 Å². The molecule has 0 saturated heterocycles. The summed E-state index contributed by atoms with van der Waals surface area (Å²) >= 11 is 0. The Hall–Kier alpha value is -1.20. The van der Waals surface area contributed by atoms with Crippen molar-refractivity contribution >= 4 is 16.7 Å². The molecule has 0 bridgehead atoms. The Kier molecular flexibility index (Phi) is 6.60. The van der Waals surface area contributed by atoms with Crippen LogP contribution in [-0.4, -0.2) is 28.2 Å². The molecule has 0 aliphatic heterocycles. The largest absolute Gasteiger partial charge is 0.355 e. The molecular formula is C13H20N2O2S. The Balaban J connectivity index is 2.32. The zero-order chi connectivity index (χ0) is 13.4. The van der Waals surface area contributed by atoms with Crippen LogP contribution in [0.5, 0.6) is 0 Å². The molecule has 0 aliphatic carbocycles. The number of nitrogens with two attached hydrogens (primary N) is 1. The highest BCUT2D eigenvalue weighted by Gasteiger charge is 2.03. The lowest BCUT2D eigenvalue weighted by molar-refractivity contribution is -0.120. The number of carbonyl (C=O) groups excluding carboxylic acids is 1. The molecule has 100 valence electrons. The Bertz CT molecular complexity index is 404. The summed E-state index contributed by atoms with van der Waals surface area (Å²) in [4.78, 5) is 11.6. The van der Waals surface area contributed by atoms with Crippen molar-refractivity contribution in [3.8, 4) is 0 Å². The van der Waals surface area contributed by atoms with Gasteiger partial charge in [-0.05, 0) is 11.1 Å². The van der Waals surface area contributed by atoms with Crippen molar-refractivity contribution < 1.29 is 9.00 Å². The van der Waals surface area contributed by atoms with Gasteiger partial charge in [0.2, 0.25) is 5.91 Å². The molecule has 0 fully saturated rings. The second kappa shape index (κ2) is 8.00. The molecular weight excluding hydrogens is 248 g/mol. The zero-order valence-corrected chi connectivity index (χ0v) is 11.5. The number of nitrogens with one attached hydrogen (secondary N) is 1. The first-order valence-electron chi connectivity index (χ1n) is 6.05. The number of rotatable bonds is 7. The smallest absolute Gasteiger partial charge is 0.224 e. The molecule has 4 nitrogen and oxygen atoms in total. The third-order valence-electron chi connectivity index (χ3n) is 2.60. The van der Waals surface area contributed by atoms with E-state index in [1.165, 1.54) is 0 Å². The predicted octanol–water partition coefficient (Wildman–Crippen LogP) is 0.573. The lowest BCUT2D eigenvalue weighted by Gasteiger charge is -2.05. The van der Waals surface area contributed by atoms with Gasteiger partial charge in [-0.25, -0.2) is 0 Å². The third-order valence-corrected chi connectivity index (χ3v) is 3.90. The minimum Gasteiger partial charge on any atom is -0.355 e. The molecule has 18 heavy (non-hydrogen) atoms. The fourth-order valence-electron chi connectivity index (χ4n) is 1.49. The Labute approximate surface area is 110 Å². The average Bonchev–Trinajstić information content (AvgIpc) is 2.39. The molecule has 0 radical (unpaired) electrons. The van der Waals surface area contributed by atoms with Gasteiger partial charge in [-0.3, -0.25) is 9.00 Å². The summed E-state index contributed by atoms with van der Waals surface area (Å²) in [6, 6.07) is 7.67. The van der Waals surface area contributed by atoms with E-state index in [1.54, 1.807) is 0 Å². The van der Waals surface area contributed by atoms with Crippen LogP contribution in [0.4, 0.5) is 0 Å². The van der Waals surface area contributed by atoms with E-state index in [0.717, 1.165) is 11.1 Å². The van der Waals surface area contributed by atoms with E-state index in [0.29, 0.717) is 31.0 Å². The SMILES string of the molecule is CCS(=O)CCNC(=O)Cc1ccc(CN)cc1. The first-order chi connectivity index (χ1) is 8.65. The molecule has 0 saturated carbocycles. The lowest BCUT2D eigenvalue weighted by atomic mass is 10.1. The van der Waals surface area contributed by atoms with Gasteiger partial charge < -0.3 is 11.1 Å². The van der Waals surface area contributed by atoms with E-state index in [9.17, 15) is 9.00 Å². The number of carbonyl (C=O) groups is 1. The first kappa shape index (κ1) is 14.9. The number of amides is 1. The molecule has 1 atom stereocenters. The van der Waals surface area contributed by atoms with Crippen LogP contribution in [0.3, 0.4) is 0 Å². The molecule has 5 heteroatoms. The molecule has 1 unspecified atom stereocenters. The van der Waals surface area contributed by atoms with Crippen molar-refractivity contribution in [3.05, 3.63) is 35.4 Å². The van der Waals surface area contributed by atoms with Crippen LogP contribution in [-0.2, 0) is 28.6 Å². The summed E-state index contributed by atoms with van der Waals surface area (Å²) in [7, 11) is -0.823. The summed E-state index contributed by atoms with van der Waals surface area (Å²) < 4.78 is 11.2. The fraction of sp³-hybridized carbons (Fsp3) is 0.462. The average molecular weight is 268 g/mol. The van der Waals surface area contributed by atoms with Gasteiger partial charge >= 0.3 is 0 Å². The van der Waals surface area contributed by atoms with Gasteiger partial charge in [0.25, 0.3) is 0 Å². The highest BCUT2D eigenvalue weighted by molar-refractivity contribution is 7.84. The van der Waals surface area contributed by atoms with Gasteiger partial charge in [0, 0.05) is 35.4 Å². The van der Waals surface area contributed by atoms with Crippen LogP contribution in [0.25, 0.3) is 0 Å². The van der Waals surface area contributed by atoms with E-state index in [1.807, 2.05) is 31.2 Å². The van der Waals surface area contributed by atoms with Crippen LogP contribution in [0.15, 0.2) is 24.3 Å². The van der Waals surface area contributed by atoms with Crippen molar-refractivity contribution in [2.45, 2.75) is 19.9 Å². The summed E-state index contributed by atoms with van der Waals surface area (Å²) in [5.41, 5.74) is 7.51. The molecule has 3 N–H and O–H groups in total. The third kappa shape index (κ3) is 5.42. The molecule has 0 aromatic heterocycles. The monoisotopic (exact) mass is 268 g/mol. The Morgan fingerprint density at radius 2 is 1.89 bits per heavy atom. The van der Waals surface area contributed by atoms with E-state index >= 15 is 0 Å². The molecule has 0 heterocycles. The van der Waals surface area contributed by atoms with E-state index < -0.39 is 10.8 Å². The molecule has 0 aliphatic rings. The van der Waals surface area contributed by atoms with Crippen molar-refractivity contribution in [2.24, 2.45) is 5.73 Å². The van der Waals surface area contributed by atoms with Crippen molar-refractivity contribution in [1.29, 1.82) is 0 Å². The maximum absolute atomic E-state index is 11.6. The summed E-state index contributed by atoms with van der Waals surface area (Å²) in [5, 5.41) is 2.77. The highest BCUT2D eigenvalue weighted by atomic mass is 32.2. The van der Waals surface area contributed by atoms with Crippen LogP contribution in [0.2, 0.25) is 0 Å². The van der Waals surface area contributed by atoms with Crippen LogP contribution < -0.4 is 11.1 Å². The maximum Gasteiger partial charge on any atom is 0.224 e. The second-order valence-corrected chi connectivity index (χ2v) is 5.85. The van der Waals surface area contributed by atoms with Gasteiger partial charge in [0.05, 0.1) is 6.42 Å². The summed E-state index contributed by atoms with van der Waals surface area (Å²) in [5.74, 6) is 1.12. The second-order valence-electron chi connectivity index (χ2n) is 3.98. The van der Waals surface area contributed by atoms with E-state index in [2.05, 4.69) is 5.32 Å². The number of hydrogen-bond acceptors (Lipinski definition) is 3. The van der Waals surface area contributed by atoms with Gasteiger partial charge in [-0.15, -0.1) is 0 Å². The quantitative estimate of drug-likeness (QED) is 0.759. The predicted molar refractivity (Wildman–Crippen MR) is 74.6 cm³/mol. The van der Waals surface area contributed by atoms with Gasteiger partial charge in [0.1, 0.15) is 0 Å². The van der Waals surface area contributed by atoms with Crippen molar-refractivity contribution in [1.82, 2.24) is 5.32 Å². The molecule has 1 aromatic carbocycles. The van der Waals surface area contributed by atoms with Crippen molar-refractivity contribution in [2.75, 3.05) is 18.1 Å².